The molecule has 0 heterocycles. The molecule has 4 rings (SSSR count). The van der Waals surface area contributed by atoms with Crippen molar-refractivity contribution in [2.24, 2.45) is 0 Å². The van der Waals surface area contributed by atoms with E-state index >= 15 is 0 Å². The fourth-order valence-electron chi connectivity index (χ4n) is 4.55. The molecule has 5 heteroatoms. The summed E-state index contributed by atoms with van der Waals surface area (Å²) in [5, 5.41) is 17.7. The van der Waals surface area contributed by atoms with Crippen LogP contribution in [-0.2, 0) is 17.8 Å². The second-order valence-electron chi connectivity index (χ2n) is 9.07. The molecule has 0 aliphatic carbocycles. The van der Waals surface area contributed by atoms with Crippen LogP contribution in [0.1, 0.15) is 28.2 Å². The first-order valence-electron chi connectivity index (χ1n) is 12.6. The Morgan fingerprint density at radius 3 is 1.92 bits per heavy atom. The molecule has 3 N–H and O–H groups in total. The normalized spacial score (nSPS) is 12.6. The molecule has 37 heavy (non-hydrogen) atoms. The van der Waals surface area contributed by atoms with Crippen molar-refractivity contribution in [3.63, 3.8) is 0 Å². The zero-order valence-electron chi connectivity index (χ0n) is 21.1. The van der Waals surface area contributed by atoms with Crippen LogP contribution in [-0.4, -0.2) is 36.8 Å². The summed E-state index contributed by atoms with van der Waals surface area (Å²) in [5.74, 6) is 0.184. The van der Waals surface area contributed by atoms with Gasteiger partial charge in [0, 0.05) is 18.7 Å². The lowest BCUT2D eigenvalue weighted by Crippen LogP contribution is -2.50. The summed E-state index contributed by atoms with van der Waals surface area (Å²) < 4.78 is 5.43. The maximum atomic E-state index is 13.8. The number of amides is 1. The second-order valence-corrected chi connectivity index (χ2v) is 9.07. The van der Waals surface area contributed by atoms with Gasteiger partial charge in [-0.2, -0.15) is 0 Å². The van der Waals surface area contributed by atoms with Crippen molar-refractivity contribution in [2.75, 3.05) is 13.7 Å². The smallest absolute Gasteiger partial charge is 0.232 e. The fraction of sp³-hybridized carbons (Fsp3) is 0.219. The zero-order valence-corrected chi connectivity index (χ0v) is 21.1. The highest BCUT2D eigenvalue weighted by Gasteiger charge is 2.28. The lowest BCUT2D eigenvalue weighted by atomic mass is 9.89. The van der Waals surface area contributed by atoms with Crippen molar-refractivity contribution < 1.29 is 14.6 Å². The van der Waals surface area contributed by atoms with Crippen molar-refractivity contribution in [3.8, 4) is 5.75 Å². The van der Waals surface area contributed by atoms with Gasteiger partial charge in [0.15, 0.2) is 0 Å². The van der Waals surface area contributed by atoms with Gasteiger partial charge in [-0.25, -0.2) is 0 Å². The summed E-state index contributed by atoms with van der Waals surface area (Å²) in [7, 11) is 1.65. The van der Waals surface area contributed by atoms with Crippen LogP contribution in [0.4, 0.5) is 0 Å². The predicted molar refractivity (Wildman–Crippen MR) is 148 cm³/mol. The van der Waals surface area contributed by atoms with E-state index in [9.17, 15) is 9.90 Å². The zero-order chi connectivity index (χ0) is 25.9. The number of methoxy groups -OCH3 is 1. The average Bonchev–Trinajstić information content (AvgIpc) is 2.95. The number of para-hydroxylation sites is 1. The third kappa shape index (κ3) is 7.29. The number of nitrogens with one attached hydrogen (secondary N) is 2. The van der Waals surface area contributed by atoms with Crippen LogP contribution in [0.15, 0.2) is 115 Å². The number of carbonyl (C=O) groups excluding carboxylic acids is 1. The number of hydrogen-bond donors (Lipinski definition) is 3. The minimum Gasteiger partial charge on any atom is -0.496 e. The number of aliphatic hydroxyl groups excluding tert-OH is 1. The summed E-state index contributed by atoms with van der Waals surface area (Å²) in [6, 6.07) is 36.8. The average molecular weight is 495 g/mol. The number of rotatable bonds is 12. The molecule has 0 aliphatic heterocycles. The van der Waals surface area contributed by atoms with Crippen LogP contribution in [0.2, 0.25) is 0 Å². The molecule has 0 unspecified atom stereocenters. The monoisotopic (exact) mass is 494 g/mol. The highest BCUT2D eigenvalue weighted by molar-refractivity contribution is 5.87. The van der Waals surface area contributed by atoms with E-state index in [0.717, 1.165) is 28.0 Å². The highest BCUT2D eigenvalue weighted by atomic mass is 16.5. The SMILES string of the molecule is COc1ccccc1CNC[C@H](O)[C@H](Cc1ccccc1)NC(=O)C(c1ccccc1)c1ccccc1. The standard InChI is InChI=1S/C32H34N2O3/c1-37-30-20-12-11-19-27(30)22-33-23-29(35)28(21-24-13-5-2-6-14-24)34-32(36)31(25-15-7-3-8-16-25)26-17-9-4-10-18-26/h2-20,28-29,31,33,35H,21-23H2,1H3,(H,34,36)/t28-,29-/m0/s1. The van der Waals surface area contributed by atoms with E-state index in [2.05, 4.69) is 10.6 Å². The third-order valence-corrected chi connectivity index (χ3v) is 6.48. The minimum atomic E-state index is -0.800. The molecule has 0 aliphatic rings. The summed E-state index contributed by atoms with van der Waals surface area (Å²) in [5.41, 5.74) is 3.88. The first-order valence-corrected chi connectivity index (χ1v) is 12.6. The van der Waals surface area contributed by atoms with E-state index in [-0.39, 0.29) is 5.91 Å². The Balaban J connectivity index is 1.51. The van der Waals surface area contributed by atoms with E-state index < -0.39 is 18.1 Å². The number of aliphatic hydroxyl groups is 1. The predicted octanol–water partition coefficient (Wildman–Crippen LogP) is 4.71. The van der Waals surface area contributed by atoms with Gasteiger partial charge >= 0.3 is 0 Å². The number of hydrogen-bond acceptors (Lipinski definition) is 4. The van der Waals surface area contributed by atoms with Crippen molar-refractivity contribution in [1.82, 2.24) is 10.6 Å². The molecule has 0 spiro atoms. The van der Waals surface area contributed by atoms with Crippen LogP contribution >= 0.6 is 0 Å². The lowest BCUT2D eigenvalue weighted by molar-refractivity contribution is -0.123. The Kier molecular flexibility index (Phi) is 9.47. The molecule has 2 atom stereocenters. The molecule has 0 fully saturated rings. The fourth-order valence-corrected chi connectivity index (χ4v) is 4.55. The summed E-state index contributed by atoms with van der Waals surface area (Å²) >= 11 is 0. The molecule has 4 aromatic rings. The Hall–Kier alpha value is -3.93. The quantitative estimate of drug-likeness (QED) is 0.267. The molecule has 190 valence electrons. The van der Waals surface area contributed by atoms with Crippen LogP contribution in [0.3, 0.4) is 0 Å². The van der Waals surface area contributed by atoms with Gasteiger partial charge in [-0.15, -0.1) is 0 Å². The van der Waals surface area contributed by atoms with Crippen molar-refractivity contribution in [1.29, 1.82) is 0 Å². The van der Waals surface area contributed by atoms with Gasteiger partial charge in [0.2, 0.25) is 5.91 Å². The molecule has 0 saturated carbocycles. The van der Waals surface area contributed by atoms with Gasteiger partial charge < -0.3 is 20.5 Å². The van der Waals surface area contributed by atoms with Crippen LogP contribution in [0, 0.1) is 0 Å². The Labute approximate surface area is 219 Å². The lowest BCUT2D eigenvalue weighted by Gasteiger charge is -2.27. The summed E-state index contributed by atoms with van der Waals surface area (Å²) in [6.45, 7) is 0.862. The van der Waals surface area contributed by atoms with Crippen molar-refractivity contribution in [2.45, 2.75) is 31.0 Å². The van der Waals surface area contributed by atoms with E-state index in [4.69, 9.17) is 4.74 Å². The van der Waals surface area contributed by atoms with Gasteiger partial charge in [0.1, 0.15) is 5.75 Å². The van der Waals surface area contributed by atoms with E-state index in [1.165, 1.54) is 0 Å². The van der Waals surface area contributed by atoms with Crippen molar-refractivity contribution in [3.05, 3.63) is 138 Å². The molecular weight excluding hydrogens is 460 g/mol. The number of ether oxygens (including phenoxy) is 1. The minimum absolute atomic E-state index is 0.137. The van der Waals surface area contributed by atoms with Gasteiger partial charge in [-0.1, -0.05) is 109 Å². The molecule has 0 radical (unpaired) electrons. The van der Waals surface area contributed by atoms with E-state index in [1.807, 2.05) is 115 Å². The maximum absolute atomic E-state index is 13.8. The number of carbonyl (C=O) groups is 1. The highest BCUT2D eigenvalue weighted by Crippen LogP contribution is 2.25. The Morgan fingerprint density at radius 2 is 1.32 bits per heavy atom. The molecule has 0 saturated heterocycles. The summed E-state index contributed by atoms with van der Waals surface area (Å²) in [4.78, 5) is 13.8. The molecular formula is C32H34N2O3. The van der Waals surface area contributed by atoms with Crippen LogP contribution in [0.5, 0.6) is 5.75 Å². The largest absolute Gasteiger partial charge is 0.496 e. The Morgan fingerprint density at radius 1 is 0.784 bits per heavy atom. The summed E-state index contributed by atoms with van der Waals surface area (Å²) in [6.07, 6.45) is -0.286. The van der Waals surface area contributed by atoms with E-state index in [0.29, 0.717) is 19.5 Å². The van der Waals surface area contributed by atoms with E-state index in [1.54, 1.807) is 7.11 Å². The Bertz CT molecular complexity index is 1190. The molecule has 0 aromatic heterocycles. The molecule has 5 nitrogen and oxygen atoms in total. The van der Waals surface area contributed by atoms with Gasteiger partial charge in [0.25, 0.3) is 0 Å². The van der Waals surface area contributed by atoms with Crippen LogP contribution in [0.25, 0.3) is 0 Å². The topological polar surface area (TPSA) is 70.6 Å². The number of benzene rings is 4. The molecule has 1 amide bonds. The molecule has 0 bridgehead atoms. The van der Waals surface area contributed by atoms with Crippen molar-refractivity contribution >= 4 is 5.91 Å². The van der Waals surface area contributed by atoms with Gasteiger partial charge in [-0.05, 0) is 29.2 Å². The first kappa shape index (κ1) is 26.1. The van der Waals surface area contributed by atoms with Gasteiger partial charge in [-0.3, -0.25) is 4.79 Å². The van der Waals surface area contributed by atoms with Gasteiger partial charge in [0.05, 0.1) is 25.2 Å². The first-order chi connectivity index (χ1) is 18.2. The van der Waals surface area contributed by atoms with Crippen LogP contribution < -0.4 is 15.4 Å². The third-order valence-electron chi connectivity index (χ3n) is 6.48. The molecule has 4 aromatic carbocycles. The maximum Gasteiger partial charge on any atom is 0.232 e. The second kappa shape index (κ2) is 13.4.